The third kappa shape index (κ3) is 2.58. The van der Waals surface area contributed by atoms with E-state index in [4.69, 9.17) is 4.74 Å². The number of carbonyl (C=O) groups is 1. The van der Waals surface area contributed by atoms with E-state index in [1.165, 1.54) is 4.90 Å². The van der Waals surface area contributed by atoms with Gasteiger partial charge in [-0.25, -0.2) is 9.67 Å². The first kappa shape index (κ1) is 14.3. The molecule has 0 saturated heterocycles. The number of anilines is 1. The Bertz CT molecular complexity index is 864. The van der Waals surface area contributed by atoms with Gasteiger partial charge in [0.1, 0.15) is 5.75 Å². The monoisotopic (exact) mass is 322 g/mol. The molecule has 24 heavy (non-hydrogen) atoms. The molecule has 1 aliphatic rings. The van der Waals surface area contributed by atoms with Crippen molar-refractivity contribution in [3.63, 3.8) is 0 Å². The summed E-state index contributed by atoms with van der Waals surface area (Å²) in [5.74, 6) is 1.20. The fourth-order valence-electron chi connectivity index (χ4n) is 2.59. The van der Waals surface area contributed by atoms with E-state index in [1.54, 1.807) is 23.0 Å². The fourth-order valence-corrected chi connectivity index (χ4v) is 2.59. The van der Waals surface area contributed by atoms with Gasteiger partial charge in [-0.15, -0.1) is 0 Å². The minimum Gasteiger partial charge on any atom is -0.455 e. The van der Waals surface area contributed by atoms with Crippen LogP contribution in [0.2, 0.25) is 0 Å². The molecule has 3 aromatic rings. The molecule has 0 atom stereocenters. The van der Waals surface area contributed by atoms with Gasteiger partial charge in [-0.2, -0.15) is 0 Å². The number of hydrogen-bond acceptors (Lipinski definition) is 6. The summed E-state index contributed by atoms with van der Waals surface area (Å²) in [5.41, 5.74) is 0.234. The number of ether oxygens (including phenoxy) is 1. The summed E-state index contributed by atoms with van der Waals surface area (Å²) in [5, 5.41) is 11.5. The van der Waals surface area contributed by atoms with Gasteiger partial charge in [-0.05, 0) is 41.1 Å². The van der Waals surface area contributed by atoms with E-state index in [2.05, 4.69) is 20.5 Å². The second kappa shape index (κ2) is 6.07. The average Bonchev–Trinajstić information content (AvgIpc) is 3.11. The highest BCUT2D eigenvalue weighted by Crippen LogP contribution is 2.26. The summed E-state index contributed by atoms with van der Waals surface area (Å²) < 4.78 is 7.44. The van der Waals surface area contributed by atoms with Crippen molar-refractivity contribution in [3.8, 4) is 11.5 Å². The molecule has 1 amide bonds. The van der Waals surface area contributed by atoms with Crippen LogP contribution >= 0.6 is 0 Å². The van der Waals surface area contributed by atoms with Crippen molar-refractivity contribution >= 4 is 11.9 Å². The van der Waals surface area contributed by atoms with Crippen molar-refractivity contribution in [1.29, 1.82) is 0 Å². The summed E-state index contributed by atoms with van der Waals surface area (Å²) in [7, 11) is 0. The van der Waals surface area contributed by atoms with E-state index in [-0.39, 0.29) is 11.6 Å². The van der Waals surface area contributed by atoms with Crippen molar-refractivity contribution < 1.29 is 9.53 Å². The maximum Gasteiger partial charge on any atom is 0.283 e. The maximum absolute atomic E-state index is 12.9. The number of nitrogens with zero attached hydrogens (tertiary/aromatic N) is 6. The van der Waals surface area contributed by atoms with Crippen LogP contribution in [0.5, 0.6) is 11.5 Å². The van der Waals surface area contributed by atoms with Gasteiger partial charge in [-0.3, -0.25) is 9.69 Å². The van der Waals surface area contributed by atoms with Crippen LogP contribution < -0.4 is 9.64 Å². The molecule has 0 spiro atoms. The Morgan fingerprint density at radius 3 is 2.83 bits per heavy atom. The number of amides is 1. The predicted molar refractivity (Wildman–Crippen MR) is 84.9 cm³/mol. The second-order valence-corrected chi connectivity index (χ2v) is 5.28. The molecule has 0 radical (unpaired) electrons. The Morgan fingerprint density at radius 2 is 1.96 bits per heavy atom. The molecule has 0 unspecified atom stereocenters. The van der Waals surface area contributed by atoms with E-state index >= 15 is 0 Å². The topological polar surface area (TPSA) is 86.0 Å². The number of tetrazole rings is 1. The molecule has 4 rings (SSSR count). The first-order valence-electron chi connectivity index (χ1n) is 7.59. The molecule has 0 bridgehead atoms. The van der Waals surface area contributed by atoms with Crippen LogP contribution in [0.4, 0.5) is 5.95 Å². The number of rotatable bonds is 3. The SMILES string of the molecule is O=C(c1ncccc1Oc1ccccc1)N1CCCn2nnnc21. The van der Waals surface area contributed by atoms with Crippen molar-refractivity contribution in [2.75, 3.05) is 11.4 Å². The van der Waals surface area contributed by atoms with Crippen LogP contribution in [-0.4, -0.2) is 37.6 Å². The molecule has 1 aromatic carbocycles. The molecular formula is C16H14N6O2. The third-order valence-corrected chi connectivity index (χ3v) is 3.70. The molecule has 2 aromatic heterocycles. The Morgan fingerprint density at radius 1 is 1.08 bits per heavy atom. The lowest BCUT2D eigenvalue weighted by molar-refractivity contribution is 0.0973. The number of para-hydroxylation sites is 1. The summed E-state index contributed by atoms with van der Waals surface area (Å²) in [6.45, 7) is 1.24. The largest absolute Gasteiger partial charge is 0.455 e. The number of aryl methyl sites for hydroxylation is 1. The Hall–Kier alpha value is -3.29. The highest BCUT2D eigenvalue weighted by atomic mass is 16.5. The molecule has 8 heteroatoms. The van der Waals surface area contributed by atoms with Crippen LogP contribution in [0.1, 0.15) is 16.9 Å². The standard InChI is InChI=1S/C16H14N6O2/c23-15(21-10-5-11-22-16(21)18-19-20-22)14-13(8-4-9-17-14)24-12-6-2-1-3-7-12/h1-4,6-9H,5,10-11H2. The van der Waals surface area contributed by atoms with Crippen LogP contribution in [-0.2, 0) is 6.54 Å². The van der Waals surface area contributed by atoms with Gasteiger partial charge in [0.05, 0.1) is 0 Å². The zero-order chi connectivity index (χ0) is 16.4. The number of hydrogen-bond donors (Lipinski definition) is 0. The molecule has 0 aliphatic carbocycles. The zero-order valence-corrected chi connectivity index (χ0v) is 12.7. The maximum atomic E-state index is 12.9. The lowest BCUT2D eigenvalue weighted by Gasteiger charge is -2.25. The van der Waals surface area contributed by atoms with Crippen LogP contribution in [0.15, 0.2) is 48.7 Å². The van der Waals surface area contributed by atoms with Gasteiger partial charge in [0.15, 0.2) is 11.4 Å². The van der Waals surface area contributed by atoms with Gasteiger partial charge in [0, 0.05) is 19.3 Å². The van der Waals surface area contributed by atoms with Crippen molar-refractivity contribution in [1.82, 2.24) is 25.2 Å². The molecule has 0 N–H and O–H groups in total. The number of pyridine rings is 1. The van der Waals surface area contributed by atoms with E-state index in [0.717, 1.165) is 6.42 Å². The van der Waals surface area contributed by atoms with E-state index in [0.29, 0.717) is 30.5 Å². The van der Waals surface area contributed by atoms with Crippen LogP contribution in [0.3, 0.4) is 0 Å². The fraction of sp³-hybridized carbons (Fsp3) is 0.188. The highest BCUT2D eigenvalue weighted by molar-refractivity contribution is 6.05. The van der Waals surface area contributed by atoms with Crippen molar-refractivity contribution in [3.05, 3.63) is 54.4 Å². The van der Waals surface area contributed by atoms with E-state index < -0.39 is 0 Å². The van der Waals surface area contributed by atoms with Gasteiger partial charge in [0.25, 0.3) is 11.9 Å². The smallest absolute Gasteiger partial charge is 0.283 e. The highest BCUT2D eigenvalue weighted by Gasteiger charge is 2.29. The summed E-state index contributed by atoms with van der Waals surface area (Å²) in [6.07, 6.45) is 2.35. The Balaban J connectivity index is 1.67. The second-order valence-electron chi connectivity index (χ2n) is 5.28. The summed E-state index contributed by atoms with van der Waals surface area (Å²) in [6, 6.07) is 12.7. The summed E-state index contributed by atoms with van der Waals surface area (Å²) >= 11 is 0. The quantitative estimate of drug-likeness (QED) is 0.732. The molecule has 0 fully saturated rings. The molecule has 3 heterocycles. The average molecular weight is 322 g/mol. The van der Waals surface area contributed by atoms with Gasteiger partial charge < -0.3 is 4.74 Å². The van der Waals surface area contributed by atoms with E-state index in [1.807, 2.05) is 30.3 Å². The van der Waals surface area contributed by atoms with Gasteiger partial charge in [-0.1, -0.05) is 23.3 Å². The van der Waals surface area contributed by atoms with E-state index in [9.17, 15) is 4.79 Å². The van der Waals surface area contributed by atoms with Crippen LogP contribution in [0.25, 0.3) is 0 Å². The lowest BCUT2D eigenvalue weighted by atomic mass is 10.2. The van der Waals surface area contributed by atoms with Crippen LogP contribution in [0, 0.1) is 0 Å². The molecule has 1 aliphatic heterocycles. The summed E-state index contributed by atoms with van der Waals surface area (Å²) in [4.78, 5) is 18.7. The minimum absolute atomic E-state index is 0.234. The van der Waals surface area contributed by atoms with Crippen molar-refractivity contribution in [2.24, 2.45) is 0 Å². The molecular weight excluding hydrogens is 308 g/mol. The molecule has 120 valence electrons. The number of carbonyl (C=O) groups excluding carboxylic acids is 1. The predicted octanol–water partition coefficient (Wildman–Crippen LogP) is 1.91. The molecule has 0 saturated carbocycles. The third-order valence-electron chi connectivity index (χ3n) is 3.70. The normalized spacial score (nSPS) is 13.4. The lowest BCUT2D eigenvalue weighted by Crippen LogP contribution is -2.38. The van der Waals surface area contributed by atoms with Gasteiger partial charge >= 0.3 is 0 Å². The minimum atomic E-state index is -0.280. The number of benzene rings is 1. The van der Waals surface area contributed by atoms with Crippen molar-refractivity contribution in [2.45, 2.75) is 13.0 Å². The first-order valence-corrected chi connectivity index (χ1v) is 7.59. The first-order chi connectivity index (χ1) is 11.8. The van der Waals surface area contributed by atoms with Gasteiger partial charge in [0.2, 0.25) is 0 Å². The Labute approximate surface area is 137 Å². The molecule has 8 nitrogen and oxygen atoms in total. The number of fused-ring (bicyclic) bond motifs is 1. The zero-order valence-electron chi connectivity index (χ0n) is 12.7. The Kier molecular flexibility index (Phi) is 3.62. The number of aromatic nitrogens is 5.